The molecule has 1 heterocycles. The number of halogens is 2. The molecule has 0 aliphatic heterocycles. The van der Waals surface area contributed by atoms with E-state index in [1.54, 1.807) is 0 Å². The molecule has 18 heavy (non-hydrogen) atoms. The molecule has 0 bridgehead atoms. The van der Waals surface area contributed by atoms with Gasteiger partial charge in [-0.15, -0.1) is 0 Å². The van der Waals surface area contributed by atoms with Crippen molar-refractivity contribution in [2.24, 2.45) is 0 Å². The van der Waals surface area contributed by atoms with Crippen molar-refractivity contribution in [2.45, 2.75) is 9.92 Å². The SMILES string of the molecule is O=[N+]([O-])c1c(Cl)ncnc1Sc1ccccc1Br. The van der Waals surface area contributed by atoms with Gasteiger partial charge in [-0.25, -0.2) is 9.97 Å². The summed E-state index contributed by atoms with van der Waals surface area (Å²) in [6.07, 6.45) is 1.20. The van der Waals surface area contributed by atoms with Crippen molar-refractivity contribution in [3.8, 4) is 0 Å². The first-order chi connectivity index (χ1) is 8.59. The van der Waals surface area contributed by atoms with Gasteiger partial charge in [-0.1, -0.05) is 35.5 Å². The molecule has 0 spiro atoms. The molecule has 0 aliphatic rings. The van der Waals surface area contributed by atoms with Crippen LogP contribution in [0.4, 0.5) is 5.69 Å². The van der Waals surface area contributed by atoms with Gasteiger partial charge >= 0.3 is 5.69 Å². The minimum Gasteiger partial charge on any atom is -0.258 e. The summed E-state index contributed by atoms with van der Waals surface area (Å²) in [5.41, 5.74) is -0.278. The molecule has 0 fully saturated rings. The van der Waals surface area contributed by atoms with E-state index >= 15 is 0 Å². The van der Waals surface area contributed by atoms with Gasteiger partial charge in [0.15, 0.2) is 5.03 Å². The highest BCUT2D eigenvalue weighted by Crippen LogP contribution is 2.38. The summed E-state index contributed by atoms with van der Waals surface area (Å²) in [6, 6.07) is 7.36. The van der Waals surface area contributed by atoms with Crippen LogP contribution in [0.3, 0.4) is 0 Å². The van der Waals surface area contributed by atoms with Crippen molar-refractivity contribution in [1.82, 2.24) is 9.97 Å². The fraction of sp³-hybridized carbons (Fsp3) is 0. The van der Waals surface area contributed by atoms with E-state index in [4.69, 9.17) is 11.6 Å². The smallest absolute Gasteiger partial charge is 0.258 e. The number of nitro groups is 1. The van der Waals surface area contributed by atoms with Crippen LogP contribution in [0.25, 0.3) is 0 Å². The van der Waals surface area contributed by atoms with E-state index in [2.05, 4.69) is 25.9 Å². The van der Waals surface area contributed by atoms with Crippen molar-refractivity contribution in [1.29, 1.82) is 0 Å². The first-order valence-electron chi connectivity index (χ1n) is 4.67. The minimum absolute atomic E-state index is 0.162. The average Bonchev–Trinajstić information content (AvgIpc) is 2.31. The van der Waals surface area contributed by atoms with Crippen molar-refractivity contribution < 1.29 is 4.92 Å². The normalized spacial score (nSPS) is 10.3. The van der Waals surface area contributed by atoms with E-state index in [0.29, 0.717) is 0 Å². The fourth-order valence-electron chi connectivity index (χ4n) is 1.20. The monoisotopic (exact) mass is 345 g/mol. The molecule has 0 N–H and O–H groups in total. The molecule has 0 unspecified atom stereocenters. The molecule has 1 aromatic carbocycles. The van der Waals surface area contributed by atoms with Gasteiger partial charge < -0.3 is 0 Å². The molecule has 0 amide bonds. The Kier molecular flexibility index (Phi) is 4.15. The molecule has 0 saturated carbocycles. The number of nitrogens with zero attached hydrogens (tertiary/aromatic N) is 3. The zero-order chi connectivity index (χ0) is 13.1. The van der Waals surface area contributed by atoms with Crippen molar-refractivity contribution in [3.63, 3.8) is 0 Å². The van der Waals surface area contributed by atoms with Gasteiger partial charge in [0.05, 0.1) is 4.92 Å². The summed E-state index contributed by atoms with van der Waals surface area (Å²) in [5, 5.41) is 11.0. The first-order valence-corrected chi connectivity index (χ1v) is 6.65. The van der Waals surface area contributed by atoms with Crippen LogP contribution in [0, 0.1) is 10.1 Å². The number of hydrogen-bond acceptors (Lipinski definition) is 5. The van der Waals surface area contributed by atoms with Crippen LogP contribution in [-0.2, 0) is 0 Å². The summed E-state index contributed by atoms with van der Waals surface area (Å²) < 4.78 is 0.832. The predicted molar refractivity (Wildman–Crippen MR) is 72.0 cm³/mol. The van der Waals surface area contributed by atoms with Crippen molar-refractivity contribution >= 4 is 45.0 Å². The lowest BCUT2D eigenvalue weighted by Crippen LogP contribution is -1.96. The van der Waals surface area contributed by atoms with Gasteiger partial charge in [0.2, 0.25) is 5.15 Å². The van der Waals surface area contributed by atoms with E-state index in [0.717, 1.165) is 21.1 Å². The Bertz CT molecular complexity index is 611. The molecule has 0 saturated heterocycles. The Hall–Kier alpha value is -1.18. The number of rotatable bonds is 3. The zero-order valence-electron chi connectivity index (χ0n) is 8.71. The standard InChI is InChI=1S/C10H5BrClN3O2S/c11-6-3-1-2-4-7(6)18-10-8(15(16)17)9(12)13-5-14-10/h1-5H. The van der Waals surface area contributed by atoms with Gasteiger partial charge in [0.25, 0.3) is 0 Å². The molecule has 2 rings (SSSR count). The lowest BCUT2D eigenvalue weighted by atomic mass is 10.4. The number of benzene rings is 1. The van der Waals surface area contributed by atoms with Crippen LogP contribution >= 0.6 is 39.3 Å². The summed E-state index contributed by atoms with van der Waals surface area (Å²) in [4.78, 5) is 18.7. The lowest BCUT2D eigenvalue weighted by molar-refractivity contribution is -0.388. The molecule has 92 valence electrons. The van der Waals surface area contributed by atoms with Crippen LogP contribution in [0.1, 0.15) is 0 Å². The topological polar surface area (TPSA) is 68.9 Å². The summed E-state index contributed by atoms with van der Waals surface area (Å²) >= 11 is 10.2. The number of hydrogen-bond donors (Lipinski definition) is 0. The van der Waals surface area contributed by atoms with Gasteiger partial charge in [-0.05, 0) is 28.1 Å². The van der Waals surface area contributed by atoms with Crippen LogP contribution < -0.4 is 0 Å². The first kappa shape index (κ1) is 13.3. The third kappa shape index (κ3) is 2.80. The Labute approximate surface area is 120 Å². The highest BCUT2D eigenvalue weighted by molar-refractivity contribution is 9.10. The van der Waals surface area contributed by atoms with E-state index in [1.807, 2.05) is 24.3 Å². The predicted octanol–water partition coefficient (Wildman–Crippen LogP) is 3.95. The fourth-order valence-corrected chi connectivity index (χ4v) is 2.88. The zero-order valence-corrected chi connectivity index (χ0v) is 11.9. The van der Waals surface area contributed by atoms with Crippen LogP contribution in [0.15, 0.2) is 45.0 Å². The maximum atomic E-state index is 10.9. The van der Waals surface area contributed by atoms with E-state index in [9.17, 15) is 10.1 Å². The van der Waals surface area contributed by atoms with Crippen molar-refractivity contribution in [2.75, 3.05) is 0 Å². The van der Waals surface area contributed by atoms with E-state index < -0.39 is 4.92 Å². The molecule has 0 atom stereocenters. The van der Waals surface area contributed by atoms with Gasteiger partial charge in [-0.3, -0.25) is 10.1 Å². The van der Waals surface area contributed by atoms with E-state index in [-0.39, 0.29) is 15.9 Å². The summed E-state index contributed by atoms with van der Waals surface area (Å²) in [5.74, 6) is 0. The summed E-state index contributed by atoms with van der Waals surface area (Å²) in [7, 11) is 0. The van der Waals surface area contributed by atoms with E-state index in [1.165, 1.54) is 6.33 Å². The molecular formula is C10H5BrClN3O2S. The molecule has 2 aromatic rings. The van der Waals surface area contributed by atoms with Gasteiger partial charge in [-0.2, -0.15) is 0 Å². The van der Waals surface area contributed by atoms with Crippen LogP contribution in [0.5, 0.6) is 0 Å². The van der Waals surface area contributed by atoms with Crippen LogP contribution in [0.2, 0.25) is 5.15 Å². The highest BCUT2D eigenvalue weighted by atomic mass is 79.9. The molecule has 8 heteroatoms. The molecule has 0 radical (unpaired) electrons. The highest BCUT2D eigenvalue weighted by Gasteiger charge is 2.22. The quantitative estimate of drug-likeness (QED) is 0.478. The van der Waals surface area contributed by atoms with Gasteiger partial charge in [0, 0.05) is 9.37 Å². The average molecular weight is 347 g/mol. The molecule has 0 aliphatic carbocycles. The van der Waals surface area contributed by atoms with Crippen LogP contribution in [-0.4, -0.2) is 14.9 Å². The largest absolute Gasteiger partial charge is 0.338 e. The second-order valence-corrected chi connectivity index (χ2v) is 5.35. The minimum atomic E-state index is -0.582. The maximum absolute atomic E-state index is 10.9. The number of aromatic nitrogens is 2. The maximum Gasteiger partial charge on any atom is 0.338 e. The second kappa shape index (κ2) is 5.64. The second-order valence-electron chi connectivity index (χ2n) is 3.11. The third-order valence-corrected chi connectivity index (χ3v) is 4.27. The molecule has 5 nitrogen and oxygen atoms in total. The third-order valence-electron chi connectivity index (χ3n) is 1.97. The Morgan fingerprint density at radius 2 is 2.06 bits per heavy atom. The summed E-state index contributed by atoms with van der Waals surface area (Å²) in [6.45, 7) is 0. The molecular weight excluding hydrogens is 342 g/mol. The Balaban J connectivity index is 2.44. The van der Waals surface area contributed by atoms with Crippen molar-refractivity contribution in [3.05, 3.63) is 50.3 Å². The Morgan fingerprint density at radius 1 is 1.33 bits per heavy atom. The molecule has 1 aromatic heterocycles. The Morgan fingerprint density at radius 3 is 2.72 bits per heavy atom. The lowest BCUT2D eigenvalue weighted by Gasteiger charge is -2.04. The van der Waals surface area contributed by atoms with Gasteiger partial charge in [0.1, 0.15) is 6.33 Å².